The number of ether oxygens (including phenoxy) is 1. The zero-order chi connectivity index (χ0) is 18.7. The molecule has 0 bridgehead atoms. The summed E-state index contributed by atoms with van der Waals surface area (Å²) in [5.41, 5.74) is 1.05. The molecule has 7 nitrogen and oxygen atoms in total. The maximum Gasteiger partial charge on any atom is 0.410 e. The van der Waals surface area contributed by atoms with Crippen LogP contribution in [-0.4, -0.2) is 52.6 Å². The number of amides is 1. The van der Waals surface area contributed by atoms with Crippen molar-refractivity contribution in [1.29, 1.82) is 0 Å². The predicted octanol–water partition coefficient (Wildman–Crippen LogP) is 3.48. The molecule has 0 N–H and O–H groups in total. The number of piperazine rings is 1. The molecule has 2 heterocycles. The molecule has 1 amide bonds. The van der Waals surface area contributed by atoms with Crippen molar-refractivity contribution in [1.82, 2.24) is 14.7 Å². The summed E-state index contributed by atoms with van der Waals surface area (Å²) in [5.74, 6) is 0.878. The summed E-state index contributed by atoms with van der Waals surface area (Å²) in [6.07, 6.45) is 1.64. The highest BCUT2D eigenvalue weighted by Gasteiger charge is 2.26. The lowest BCUT2D eigenvalue weighted by Gasteiger charge is -2.35. The molecule has 1 saturated heterocycles. The molecule has 26 heavy (non-hydrogen) atoms. The molecule has 7 heteroatoms. The number of carbonyl (C=O) groups excluding carboxylic acids is 1. The van der Waals surface area contributed by atoms with Crippen LogP contribution in [0.4, 0.5) is 16.3 Å². The molecule has 1 fully saturated rings. The molecule has 0 spiro atoms. The van der Waals surface area contributed by atoms with Crippen molar-refractivity contribution < 1.29 is 9.53 Å². The Morgan fingerprint density at radius 3 is 2.35 bits per heavy atom. The van der Waals surface area contributed by atoms with Gasteiger partial charge in [0.25, 0.3) is 0 Å². The average molecular weight is 353 g/mol. The predicted molar refractivity (Wildman–Crippen MR) is 99.8 cm³/mol. The van der Waals surface area contributed by atoms with Gasteiger partial charge in [0.05, 0.1) is 12.3 Å². The molecular weight excluding hydrogens is 330 g/mol. The van der Waals surface area contributed by atoms with Crippen molar-refractivity contribution in [3.8, 4) is 5.69 Å². The maximum absolute atomic E-state index is 12.1. The lowest BCUT2D eigenvalue weighted by atomic mass is 10.2. The van der Waals surface area contributed by atoms with Crippen molar-refractivity contribution in [2.24, 2.45) is 0 Å². The largest absolute Gasteiger partial charge is 0.444 e. The van der Waals surface area contributed by atoms with Crippen LogP contribution in [0.3, 0.4) is 0 Å². The lowest BCUT2D eigenvalue weighted by Crippen LogP contribution is -2.50. The summed E-state index contributed by atoms with van der Waals surface area (Å²) in [6, 6.07) is 9.29. The summed E-state index contributed by atoms with van der Waals surface area (Å²) in [6.45, 7) is 15.3. The molecule has 1 aromatic carbocycles. The second kappa shape index (κ2) is 7.08. The maximum atomic E-state index is 12.1. The van der Waals surface area contributed by atoms with E-state index in [1.807, 2.05) is 45.2 Å². The molecule has 3 rings (SSSR count). The monoisotopic (exact) mass is 353 g/mol. The average Bonchev–Trinajstić information content (AvgIpc) is 3.10. The van der Waals surface area contributed by atoms with E-state index in [1.165, 1.54) is 0 Å². The minimum atomic E-state index is -0.476. The van der Waals surface area contributed by atoms with Gasteiger partial charge in [-0.2, -0.15) is 5.10 Å². The van der Waals surface area contributed by atoms with Crippen LogP contribution in [0, 0.1) is 6.57 Å². The van der Waals surface area contributed by atoms with Crippen molar-refractivity contribution >= 4 is 17.6 Å². The Bertz CT molecular complexity index is 806. The standard InChI is InChI=1S/C19H23N5O2/c1-19(2,3)26-18(25)23-13-11-22(12-14-23)17-9-10-24(21-17)16-7-5-15(20-4)6-8-16/h5-10H,11-14H2,1-3H3. The topological polar surface area (TPSA) is 55.0 Å². The second-order valence-electron chi connectivity index (χ2n) is 7.20. The fourth-order valence-corrected chi connectivity index (χ4v) is 2.75. The van der Waals surface area contributed by atoms with E-state index in [0.717, 1.165) is 11.5 Å². The Hall–Kier alpha value is -3.01. The third-order valence-electron chi connectivity index (χ3n) is 4.07. The SMILES string of the molecule is [C-]#[N+]c1ccc(-n2ccc(N3CCN(C(=O)OC(C)(C)C)CC3)n2)cc1. The number of benzene rings is 1. The highest BCUT2D eigenvalue weighted by molar-refractivity contribution is 5.68. The zero-order valence-corrected chi connectivity index (χ0v) is 15.3. The number of carbonyl (C=O) groups is 1. The molecular formula is C19H23N5O2. The smallest absolute Gasteiger partial charge is 0.410 e. The number of rotatable bonds is 2. The lowest BCUT2D eigenvalue weighted by molar-refractivity contribution is 0.0240. The van der Waals surface area contributed by atoms with Crippen LogP contribution in [-0.2, 0) is 4.74 Å². The zero-order valence-electron chi connectivity index (χ0n) is 15.3. The van der Waals surface area contributed by atoms with Crippen molar-refractivity contribution in [2.45, 2.75) is 26.4 Å². The van der Waals surface area contributed by atoms with Gasteiger partial charge < -0.3 is 14.5 Å². The van der Waals surface area contributed by atoms with Gasteiger partial charge in [-0.05, 0) is 32.9 Å². The van der Waals surface area contributed by atoms with Crippen LogP contribution in [0.15, 0.2) is 36.5 Å². The molecule has 0 radical (unpaired) electrons. The highest BCUT2D eigenvalue weighted by Crippen LogP contribution is 2.19. The summed E-state index contributed by atoms with van der Waals surface area (Å²) < 4.78 is 7.22. The molecule has 0 aliphatic carbocycles. The molecule has 1 aliphatic rings. The van der Waals surface area contributed by atoms with E-state index >= 15 is 0 Å². The first-order valence-corrected chi connectivity index (χ1v) is 8.62. The van der Waals surface area contributed by atoms with Crippen LogP contribution >= 0.6 is 0 Å². The summed E-state index contributed by atoms with van der Waals surface area (Å²) in [4.78, 5) is 19.4. The number of hydrogen-bond acceptors (Lipinski definition) is 4. The molecule has 0 saturated carbocycles. The van der Waals surface area contributed by atoms with Crippen molar-refractivity contribution in [3.63, 3.8) is 0 Å². The Labute approximate surface area is 153 Å². The first kappa shape index (κ1) is 17.8. The second-order valence-corrected chi connectivity index (χ2v) is 7.20. The third kappa shape index (κ3) is 4.14. The van der Waals surface area contributed by atoms with E-state index in [9.17, 15) is 4.79 Å². The van der Waals surface area contributed by atoms with E-state index < -0.39 is 5.60 Å². The molecule has 1 aromatic heterocycles. The molecule has 136 valence electrons. The van der Waals surface area contributed by atoms with Crippen LogP contribution in [0.25, 0.3) is 10.5 Å². The first-order chi connectivity index (χ1) is 12.4. The Balaban J connectivity index is 1.61. The van der Waals surface area contributed by atoms with Gasteiger partial charge in [0.2, 0.25) is 0 Å². The summed E-state index contributed by atoms with van der Waals surface area (Å²) in [7, 11) is 0. The highest BCUT2D eigenvalue weighted by atomic mass is 16.6. The molecule has 1 aliphatic heterocycles. The van der Waals surface area contributed by atoms with Crippen LogP contribution in [0.2, 0.25) is 0 Å². The van der Waals surface area contributed by atoms with Gasteiger partial charge >= 0.3 is 6.09 Å². The Kier molecular flexibility index (Phi) is 4.85. The minimum absolute atomic E-state index is 0.262. The van der Waals surface area contributed by atoms with Gasteiger partial charge in [0, 0.05) is 38.4 Å². The summed E-state index contributed by atoms with van der Waals surface area (Å²) >= 11 is 0. The number of nitrogens with zero attached hydrogens (tertiary/aromatic N) is 5. The Morgan fingerprint density at radius 2 is 1.77 bits per heavy atom. The van der Waals surface area contributed by atoms with Crippen LogP contribution in [0.1, 0.15) is 20.8 Å². The normalized spacial score (nSPS) is 14.8. The van der Waals surface area contributed by atoms with Crippen LogP contribution < -0.4 is 4.90 Å². The van der Waals surface area contributed by atoms with E-state index in [0.29, 0.717) is 31.9 Å². The van der Waals surface area contributed by atoms with Gasteiger partial charge in [-0.25, -0.2) is 14.3 Å². The van der Waals surface area contributed by atoms with Gasteiger partial charge in [0.1, 0.15) is 5.60 Å². The minimum Gasteiger partial charge on any atom is -0.444 e. The molecule has 2 aromatic rings. The number of hydrogen-bond donors (Lipinski definition) is 0. The fourth-order valence-electron chi connectivity index (χ4n) is 2.75. The van der Waals surface area contributed by atoms with E-state index in [4.69, 9.17) is 11.3 Å². The van der Waals surface area contributed by atoms with Gasteiger partial charge in [-0.3, -0.25) is 0 Å². The molecule has 0 unspecified atom stereocenters. The van der Waals surface area contributed by atoms with E-state index in [1.54, 1.807) is 21.7 Å². The number of aromatic nitrogens is 2. The van der Waals surface area contributed by atoms with Crippen molar-refractivity contribution in [2.75, 3.05) is 31.1 Å². The fraction of sp³-hybridized carbons (Fsp3) is 0.421. The summed E-state index contributed by atoms with van der Waals surface area (Å²) in [5, 5.41) is 4.62. The molecule has 0 atom stereocenters. The Morgan fingerprint density at radius 1 is 1.12 bits per heavy atom. The van der Waals surface area contributed by atoms with Gasteiger partial charge in [0.15, 0.2) is 11.5 Å². The third-order valence-corrected chi connectivity index (χ3v) is 4.07. The van der Waals surface area contributed by atoms with Crippen LogP contribution in [0.5, 0.6) is 0 Å². The number of anilines is 1. The van der Waals surface area contributed by atoms with E-state index in [2.05, 4.69) is 14.8 Å². The van der Waals surface area contributed by atoms with E-state index in [-0.39, 0.29) is 6.09 Å². The first-order valence-electron chi connectivity index (χ1n) is 8.62. The quantitative estimate of drug-likeness (QED) is 0.776. The van der Waals surface area contributed by atoms with Gasteiger partial charge in [-0.15, -0.1) is 0 Å². The van der Waals surface area contributed by atoms with Gasteiger partial charge in [-0.1, -0.05) is 12.1 Å². The van der Waals surface area contributed by atoms with Crippen molar-refractivity contribution in [3.05, 3.63) is 47.9 Å².